The van der Waals surface area contributed by atoms with Gasteiger partial charge in [0.2, 0.25) is 0 Å². The van der Waals surface area contributed by atoms with Crippen molar-refractivity contribution in [2.24, 2.45) is 0 Å². The topological polar surface area (TPSA) is 71.1 Å². The molecule has 1 saturated heterocycles. The summed E-state index contributed by atoms with van der Waals surface area (Å²) in [6, 6.07) is 0. The van der Waals surface area contributed by atoms with Crippen LogP contribution in [0.25, 0.3) is 0 Å². The van der Waals surface area contributed by atoms with Gasteiger partial charge < -0.3 is 18.9 Å². The molecule has 0 bridgehead atoms. The normalized spacial score (nSPS) is 34.7. The summed E-state index contributed by atoms with van der Waals surface area (Å²) < 4.78 is 22.0. The van der Waals surface area contributed by atoms with Crippen molar-refractivity contribution in [3.05, 3.63) is 0 Å². The van der Waals surface area contributed by atoms with Crippen LogP contribution in [-0.2, 0) is 28.5 Å². The fourth-order valence-electron chi connectivity index (χ4n) is 1.82. The van der Waals surface area contributed by atoms with Crippen LogP contribution in [0.3, 0.4) is 0 Å². The maximum atomic E-state index is 11.2. The Labute approximate surface area is 139 Å². The first kappa shape index (κ1) is 17.4. The van der Waals surface area contributed by atoms with E-state index in [2.05, 4.69) is 45.2 Å². The largest absolute Gasteiger partial charge is 0.457 e. The van der Waals surface area contributed by atoms with Crippen LogP contribution in [-0.4, -0.2) is 52.0 Å². The highest BCUT2D eigenvalue weighted by atomic mass is 127. The molecule has 0 aliphatic carbocycles. The molecule has 1 aliphatic rings. The van der Waals surface area contributed by atoms with Crippen molar-refractivity contribution in [2.45, 2.75) is 42.4 Å². The second-order valence-electron chi connectivity index (χ2n) is 4.03. The van der Waals surface area contributed by atoms with Gasteiger partial charge in [-0.25, -0.2) is 0 Å². The Morgan fingerprint density at radius 2 is 1.68 bits per heavy atom. The van der Waals surface area contributed by atoms with E-state index in [0.29, 0.717) is 0 Å². The Morgan fingerprint density at radius 3 is 2.11 bits per heavy atom. The lowest BCUT2D eigenvalue weighted by Gasteiger charge is -2.42. The van der Waals surface area contributed by atoms with Crippen molar-refractivity contribution in [1.82, 2.24) is 0 Å². The SMILES string of the molecule is CO[C@H]1O[C@H](CI)[C@H](I)[C@H](OC(C)=O)[C@H]1OC(C)=O. The van der Waals surface area contributed by atoms with E-state index in [1.165, 1.54) is 21.0 Å². The van der Waals surface area contributed by atoms with Gasteiger partial charge in [0.1, 0.15) is 0 Å². The Kier molecular flexibility index (Phi) is 7.25. The molecule has 0 N–H and O–H groups in total. The van der Waals surface area contributed by atoms with Crippen LogP contribution in [0.15, 0.2) is 0 Å². The fourth-order valence-corrected chi connectivity index (χ4v) is 4.53. The minimum absolute atomic E-state index is 0.117. The first-order valence-corrected chi connectivity index (χ1v) is 8.40. The number of rotatable bonds is 4. The predicted octanol–water partition coefficient (Wildman–Crippen LogP) is 1.46. The summed E-state index contributed by atoms with van der Waals surface area (Å²) in [4.78, 5) is 22.4. The Hall–Kier alpha value is 0.320. The molecule has 0 spiro atoms. The van der Waals surface area contributed by atoms with Gasteiger partial charge in [0.25, 0.3) is 0 Å². The van der Waals surface area contributed by atoms with Gasteiger partial charge in [0.05, 0.1) is 10.0 Å². The molecule has 5 atom stereocenters. The van der Waals surface area contributed by atoms with Crippen molar-refractivity contribution < 1.29 is 28.5 Å². The summed E-state index contributed by atoms with van der Waals surface area (Å²) in [6.07, 6.45) is -2.21. The maximum Gasteiger partial charge on any atom is 0.303 e. The molecule has 110 valence electrons. The second-order valence-corrected chi connectivity index (χ2v) is 6.34. The van der Waals surface area contributed by atoms with Crippen LogP contribution in [0.2, 0.25) is 0 Å². The number of carbonyl (C=O) groups is 2. The molecule has 0 amide bonds. The molecule has 0 radical (unpaired) electrons. The number of alkyl halides is 2. The van der Waals surface area contributed by atoms with Crippen LogP contribution in [0.1, 0.15) is 13.8 Å². The summed E-state index contributed by atoms with van der Waals surface area (Å²) >= 11 is 4.34. The van der Waals surface area contributed by atoms with E-state index in [0.717, 1.165) is 4.43 Å². The van der Waals surface area contributed by atoms with Gasteiger partial charge in [-0.3, -0.25) is 9.59 Å². The van der Waals surface area contributed by atoms with Gasteiger partial charge in [0, 0.05) is 25.4 Å². The number of halogens is 2. The molecular formula is C11H16I2O6. The summed E-state index contributed by atoms with van der Waals surface area (Å²) in [5.74, 6) is -0.892. The number of esters is 2. The van der Waals surface area contributed by atoms with Gasteiger partial charge in [-0.15, -0.1) is 0 Å². The minimum atomic E-state index is -0.757. The second kappa shape index (κ2) is 7.93. The summed E-state index contributed by atoms with van der Waals surface area (Å²) in [7, 11) is 1.46. The molecule has 19 heavy (non-hydrogen) atoms. The lowest BCUT2D eigenvalue weighted by Crippen LogP contribution is -2.59. The molecule has 8 heteroatoms. The average molecular weight is 498 g/mol. The first-order chi connectivity index (χ1) is 8.90. The molecule has 1 fully saturated rings. The van der Waals surface area contributed by atoms with Crippen molar-refractivity contribution >= 4 is 57.1 Å². The smallest absolute Gasteiger partial charge is 0.303 e. The third-order valence-corrected chi connectivity index (χ3v) is 4.94. The zero-order valence-electron chi connectivity index (χ0n) is 10.8. The highest BCUT2D eigenvalue weighted by Gasteiger charge is 2.48. The van der Waals surface area contributed by atoms with Gasteiger partial charge in [0.15, 0.2) is 18.5 Å². The summed E-state index contributed by atoms with van der Waals surface area (Å²) in [6.45, 7) is 2.62. The minimum Gasteiger partial charge on any atom is -0.457 e. The van der Waals surface area contributed by atoms with E-state index in [4.69, 9.17) is 18.9 Å². The van der Waals surface area contributed by atoms with Crippen LogP contribution in [0.4, 0.5) is 0 Å². The third kappa shape index (κ3) is 4.67. The molecule has 0 aromatic rings. The molecule has 0 aromatic carbocycles. The number of ether oxygens (including phenoxy) is 4. The molecule has 1 rings (SSSR count). The van der Waals surface area contributed by atoms with E-state index in [-0.39, 0.29) is 10.0 Å². The molecule has 1 aliphatic heterocycles. The average Bonchev–Trinajstić information content (AvgIpc) is 2.33. The van der Waals surface area contributed by atoms with E-state index in [1.807, 2.05) is 0 Å². The number of hydrogen-bond donors (Lipinski definition) is 0. The zero-order valence-corrected chi connectivity index (χ0v) is 15.1. The van der Waals surface area contributed by atoms with Crippen molar-refractivity contribution in [3.63, 3.8) is 0 Å². The Morgan fingerprint density at radius 1 is 1.16 bits per heavy atom. The number of hydrogen-bond acceptors (Lipinski definition) is 6. The third-order valence-electron chi connectivity index (χ3n) is 2.56. The zero-order chi connectivity index (χ0) is 14.6. The van der Waals surface area contributed by atoms with Crippen molar-refractivity contribution in [2.75, 3.05) is 11.5 Å². The maximum absolute atomic E-state index is 11.2. The van der Waals surface area contributed by atoms with Crippen molar-refractivity contribution in [1.29, 1.82) is 0 Å². The Bertz CT molecular complexity index is 337. The van der Waals surface area contributed by atoms with Crippen LogP contribution in [0.5, 0.6) is 0 Å². The lowest BCUT2D eigenvalue weighted by molar-refractivity contribution is -0.259. The summed E-state index contributed by atoms with van der Waals surface area (Å²) in [5.41, 5.74) is 0. The van der Waals surface area contributed by atoms with E-state index in [9.17, 15) is 9.59 Å². The molecule has 0 saturated carbocycles. The van der Waals surface area contributed by atoms with Gasteiger partial charge in [-0.2, -0.15) is 0 Å². The van der Waals surface area contributed by atoms with E-state index < -0.39 is 30.4 Å². The van der Waals surface area contributed by atoms with Crippen molar-refractivity contribution in [3.8, 4) is 0 Å². The van der Waals surface area contributed by atoms with E-state index in [1.54, 1.807) is 0 Å². The van der Waals surface area contributed by atoms with E-state index >= 15 is 0 Å². The number of carbonyl (C=O) groups excluding carboxylic acids is 2. The van der Waals surface area contributed by atoms with Crippen LogP contribution < -0.4 is 0 Å². The summed E-state index contributed by atoms with van der Waals surface area (Å²) in [5, 5.41) is 0. The Balaban J connectivity index is 2.96. The van der Waals surface area contributed by atoms with Crippen LogP contribution in [0, 0.1) is 0 Å². The van der Waals surface area contributed by atoms with Gasteiger partial charge in [-0.1, -0.05) is 45.2 Å². The fraction of sp³-hybridized carbons (Fsp3) is 0.818. The highest BCUT2D eigenvalue weighted by molar-refractivity contribution is 14.1. The number of methoxy groups -OCH3 is 1. The monoisotopic (exact) mass is 498 g/mol. The molecule has 0 aromatic heterocycles. The van der Waals surface area contributed by atoms with Gasteiger partial charge in [-0.05, 0) is 0 Å². The molecular weight excluding hydrogens is 482 g/mol. The standard InChI is InChI=1S/C11H16I2O6/c1-5(14)17-9-8(13)7(4-12)19-11(16-3)10(9)18-6(2)15/h7-11H,4H2,1-3H3/t7-,8+,9+,10-,11+/m1/s1. The van der Waals surface area contributed by atoms with Gasteiger partial charge >= 0.3 is 11.9 Å². The predicted molar refractivity (Wildman–Crippen MR) is 83.5 cm³/mol. The molecule has 0 unspecified atom stereocenters. The quantitative estimate of drug-likeness (QED) is 0.333. The molecule has 6 nitrogen and oxygen atoms in total. The molecule has 1 heterocycles. The van der Waals surface area contributed by atoms with Crippen LogP contribution >= 0.6 is 45.2 Å². The first-order valence-electron chi connectivity index (χ1n) is 5.63. The highest BCUT2D eigenvalue weighted by Crippen LogP contribution is 2.32. The lowest BCUT2D eigenvalue weighted by atomic mass is 10.0.